The van der Waals surface area contributed by atoms with Gasteiger partial charge in [-0.05, 0) is 77.9 Å². The van der Waals surface area contributed by atoms with Crippen LogP contribution in [0.5, 0.6) is 17.2 Å². The summed E-state index contributed by atoms with van der Waals surface area (Å²) in [6.07, 6.45) is 0. The van der Waals surface area contributed by atoms with Crippen molar-refractivity contribution in [2.24, 2.45) is 0 Å². The number of hydrogen-bond donors (Lipinski definition) is 0. The quantitative estimate of drug-likeness (QED) is 0.0812. The van der Waals surface area contributed by atoms with Crippen molar-refractivity contribution in [2.75, 3.05) is 34.0 Å². The summed E-state index contributed by atoms with van der Waals surface area (Å²) >= 11 is 24.3. The molecule has 0 radical (unpaired) electrons. The Kier molecular flexibility index (Phi) is 20.9. The monoisotopic (exact) mass is 728 g/mol. The van der Waals surface area contributed by atoms with E-state index in [0.29, 0.717) is 62.5 Å². The van der Waals surface area contributed by atoms with Gasteiger partial charge in [-0.3, -0.25) is 9.59 Å². The van der Waals surface area contributed by atoms with Gasteiger partial charge in [0, 0.05) is 18.0 Å². The van der Waals surface area contributed by atoms with Gasteiger partial charge in [0.25, 0.3) is 0 Å². The molecule has 46 heavy (non-hydrogen) atoms. The molecule has 6 nitrogen and oxygen atoms in total. The second kappa shape index (κ2) is 22.4. The molecule has 0 saturated carbocycles. The van der Waals surface area contributed by atoms with Crippen molar-refractivity contribution in [3.8, 4) is 17.2 Å². The van der Waals surface area contributed by atoms with Crippen LogP contribution in [0.15, 0.2) is 78.9 Å². The Hall–Kier alpha value is -1.21. The molecule has 0 aromatic heterocycles. The summed E-state index contributed by atoms with van der Waals surface area (Å²) in [6, 6.07) is 22.8. The van der Waals surface area contributed by atoms with Gasteiger partial charge in [-0.1, -0.05) is 70.7 Å². The van der Waals surface area contributed by atoms with Gasteiger partial charge in [0.2, 0.25) is 0 Å². The van der Waals surface area contributed by atoms with E-state index in [2.05, 4.69) is 0 Å². The second-order valence-corrected chi connectivity index (χ2v) is 12.9. The van der Waals surface area contributed by atoms with E-state index >= 15 is 0 Å². The van der Waals surface area contributed by atoms with Crippen molar-refractivity contribution in [2.45, 2.75) is 6.92 Å². The van der Waals surface area contributed by atoms with Crippen LogP contribution in [0.2, 0.25) is 20.1 Å². The van der Waals surface area contributed by atoms with Gasteiger partial charge in [0.15, 0.2) is 11.0 Å². The first kappa shape index (κ1) is 42.8. The fraction of sp³-hybridized carbons (Fsp3) is 0.188. The third kappa shape index (κ3) is 13.0. The number of ether oxygens (including phenoxy) is 4. The molecule has 236 valence electrons. The van der Waals surface area contributed by atoms with Crippen molar-refractivity contribution < 1.29 is 28.5 Å². The molecule has 0 amide bonds. The van der Waals surface area contributed by atoms with Crippen LogP contribution in [0.4, 0.5) is 0 Å². The number of methoxy groups -OCH3 is 2. The predicted molar refractivity (Wildman–Crippen MR) is 200 cm³/mol. The zero-order chi connectivity index (χ0) is 32.1. The fourth-order valence-corrected chi connectivity index (χ4v) is 7.25. The van der Waals surface area contributed by atoms with Gasteiger partial charge < -0.3 is 18.9 Å². The zero-order valence-corrected chi connectivity index (χ0v) is 29.1. The molecule has 14 heteroatoms. The SMILES string of the molecule is CCOCCOc1ccc(PC(=O)c2c(Cl)cccc2Cl)cc1.COc1ccc(PC(=O)c2c(Cl)cccc2Cl)c(OC)c1.[LiH].[LiH]. The third-order valence-electron chi connectivity index (χ3n) is 5.85. The molecule has 4 aromatic rings. The van der Waals surface area contributed by atoms with E-state index in [4.69, 9.17) is 65.4 Å². The van der Waals surface area contributed by atoms with Crippen LogP contribution in [0.25, 0.3) is 0 Å². The van der Waals surface area contributed by atoms with Gasteiger partial charge in [-0.2, -0.15) is 0 Å². The Bertz CT molecular complexity index is 1540. The van der Waals surface area contributed by atoms with Crippen LogP contribution in [0, 0.1) is 0 Å². The van der Waals surface area contributed by atoms with Gasteiger partial charge in [0.1, 0.15) is 23.9 Å². The summed E-state index contributed by atoms with van der Waals surface area (Å²) in [7, 11) is 2.95. The van der Waals surface area contributed by atoms with E-state index in [0.717, 1.165) is 16.4 Å². The maximum absolute atomic E-state index is 12.4. The first-order chi connectivity index (χ1) is 21.2. The number of halogens is 4. The molecule has 4 aromatic carbocycles. The van der Waals surface area contributed by atoms with Crippen molar-refractivity contribution >= 4 is 123 Å². The number of rotatable bonds is 13. The van der Waals surface area contributed by atoms with Crippen molar-refractivity contribution in [1.82, 2.24) is 0 Å². The minimum absolute atomic E-state index is 0. The molecular formula is C32H32Cl4Li2O6P2. The van der Waals surface area contributed by atoms with Gasteiger partial charge in [-0.15, -0.1) is 0 Å². The number of carbonyl (C=O) groups is 2. The molecule has 0 spiro atoms. The average molecular weight is 730 g/mol. The van der Waals surface area contributed by atoms with Crippen LogP contribution in [-0.2, 0) is 4.74 Å². The Balaban J connectivity index is 0.000000442. The molecule has 0 saturated heterocycles. The molecule has 0 N–H and O–H groups in total. The van der Waals surface area contributed by atoms with Crippen molar-refractivity contribution in [3.05, 3.63) is 110 Å². The number of carbonyl (C=O) groups excluding carboxylic acids is 2. The normalized spacial score (nSPS) is 10.5. The van der Waals surface area contributed by atoms with Crippen LogP contribution in [0.1, 0.15) is 27.6 Å². The molecule has 4 rings (SSSR count). The van der Waals surface area contributed by atoms with Crippen molar-refractivity contribution in [1.29, 1.82) is 0 Å². The van der Waals surface area contributed by atoms with Crippen LogP contribution in [0.3, 0.4) is 0 Å². The molecule has 0 heterocycles. The van der Waals surface area contributed by atoms with Gasteiger partial charge in [0.05, 0.1) is 52.0 Å². The maximum atomic E-state index is 12.4. The Morgan fingerprint density at radius 1 is 0.652 bits per heavy atom. The summed E-state index contributed by atoms with van der Waals surface area (Å²) in [5.74, 6) is 2.02. The molecule has 0 aliphatic carbocycles. The summed E-state index contributed by atoms with van der Waals surface area (Å²) in [5, 5.41) is 3.15. The van der Waals surface area contributed by atoms with Crippen LogP contribution >= 0.6 is 63.6 Å². The Morgan fingerprint density at radius 2 is 1.15 bits per heavy atom. The summed E-state index contributed by atoms with van der Waals surface area (Å²) < 4.78 is 21.2. The van der Waals surface area contributed by atoms with E-state index in [1.807, 2.05) is 31.2 Å². The molecule has 2 unspecified atom stereocenters. The summed E-state index contributed by atoms with van der Waals surface area (Å²) in [5.41, 5.74) is 0.517. The third-order valence-corrected chi connectivity index (χ3v) is 9.37. The van der Waals surface area contributed by atoms with E-state index < -0.39 is 0 Å². The molecule has 0 aliphatic heterocycles. The van der Waals surface area contributed by atoms with E-state index in [1.54, 1.807) is 68.8 Å². The summed E-state index contributed by atoms with van der Waals surface area (Å²) in [6.45, 7) is 3.68. The van der Waals surface area contributed by atoms with Gasteiger partial charge >= 0.3 is 37.7 Å². The fourth-order valence-electron chi connectivity index (χ4n) is 3.71. The Labute approximate surface area is 317 Å². The molecule has 0 aliphatic rings. The average Bonchev–Trinajstić information content (AvgIpc) is 3.00. The minimum atomic E-state index is -0.136. The summed E-state index contributed by atoms with van der Waals surface area (Å²) in [4.78, 5) is 24.8. The van der Waals surface area contributed by atoms with E-state index in [1.165, 1.54) is 0 Å². The zero-order valence-electron chi connectivity index (χ0n) is 24.1. The van der Waals surface area contributed by atoms with E-state index in [-0.39, 0.29) is 65.9 Å². The number of hydrogen-bond acceptors (Lipinski definition) is 6. The standard InChI is InChI=1S/C17H17Cl2O3P.C15H13Cl2O3P.2Li.2H/c1-2-21-10-11-22-12-6-8-13(9-7-12)23-17(20)16-14(18)4-3-5-15(16)19;1-19-9-6-7-13(12(8-9)20-2)21-15(18)14-10(16)4-3-5-11(14)17;;;;/h3-9,23H,2,10-11H2,1H3;3-8,21H,1-2H3;;;;. The first-order valence-electron chi connectivity index (χ1n) is 13.2. The molecular weight excluding hydrogens is 698 g/mol. The first-order valence-corrected chi connectivity index (χ1v) is 16.7. The van der Waals surface area contributed by atoms with Gasteiger partial charge in [-0.25, -0.2) is 0 Å². The van der Waals surface area contributed by atoms with Crippen LogP contribution in [-0.4, -0.2) is 82.8 Å². The Morgan fingerprint density at radius 3 is 1.63 bits per heavy atom. The predicted octanol–water partition coefficient (Wildman–Crippen LogP) is 7.41. The topological polar surface area (TPSA) is 71.1 Å². The van der Waals surface area contributed by atoms with E-state index in [9.17, 15) is 9.59 Å². The van der Waals surface area contributed by atoms with Crippen molar-refractivity contribution in [3.63, 3.8) is 0 Å². The second-order valence-electron chi connectivity index (χ2n) is 8.74. The molecule has 0 bridgehead atoms. The molecule has 0 fully saturated rings. The van der Waals surface area contributed by atoms with Crippen LogP contribution < -0.4 is 24.8 Å². The number of benzene rings is 4. The molecule has 2 atom stereocenters.